The van der Waals surface area contributed by atoms with Crippen molar-refractivity contribution < 1.29 is 13.2 Å². The van der Waals surface area contributed by atoms with Gasteiger partial charge in [0.1, 0.15) is 5.82 Å². The van der Waals surface area contributed by atoms with Gasteiger partial charge in [-0.1, -0.05) is 39.8 Å². The Morgan fingerprint density at radius 3 is 2.08 bits per heavy atom. The number of amides is 1. The predicted octanol–water partition coefficient (Wildman–Crippen LogP) is 5.78. The van der Waals surface area contributed by atoms with Crippen molar-refractivity contribution in [3.63, 3.8) is 0 Å². The zero-order valence-electron chi connectivity index (χ0n) is 21.0. The SMILES string of the molecule is CC(C)CN(CC(C)C)S(=O)(=O)c1ccc(C(=O)Nc2ccc(-c3nc4ccccc4[nH]3)cc2)cc1. The van der Waals surface area contributed by atoms with Gasteiger partial charge in [-0.25, -0.2) is 13.4 Å². The molecule has 188 valence electrons. The number of sulfonamides is 1. The molecule has 2 N–H and O–H groups in total. The largest absolute Gasteiger partial charge is 0.338 e. The highest BCUT2D eigenvalue weighted by Crippen LogP contribution is 2.23. The summed E-state index contributed by atoms with van der Waals surface area (Å²) in [4.78, 5) is 20.9. The van der Waals surface area contributed by atoms with Crippen LogP contribution < -0.4 is 5.32 Å². The summed E-state index contributed by atoms with van der Waals surface area (Å²) in [7, 11) is -3.64. The Balaban J connectivity index is 1.45. The molecule has 4 rings (SSSR count). The highest BCUT2D eigenvalue weighted by molar-refractivity contribution is 7.89. The minimum atomic E-state index is -3.64. The molecule has 3 aromatic carbocycles. The fraction of sp³-hybridized carbons (Fsp3) is 0.286. The molecule has 36 heavy (non-hydrogen) atoms. The highest BCUT2D eigenvalue weighted by atomic mass is 32.2. The Morgan fingerprint density at radius 2 is 1.50 bits per heavy atom. The number of imidazole rings is 1. The number of aromatic amines is 1. The molecule has 1 heterocycles. The zero-order chi connectivity index (χ0) is 25.9. The van der Waals surface area contributed by atoms with Crippen molar-refractivity contribution in [2.45, 2.75) is 32.6 Å². The lowest BCUT2D eigenvalue weighted by Crippen LogP contribution is -2.37. The summed E-state index contributed by atoms with van der Waals surface area (Å²) >= 11 is 0. The van der Waals surface area contributed by atoms with Gasteiger partial charge in [-0.15, -0.1) is 0 Å². The molecule has 0 aliphatic carbocycles. The van der Waals surface area contributed by atoms with E-state index in [2.05, 4.69) is 15.3 Å². The van der Waals surface area contributed by atoms with E-state index in [4.69, 9.17) is 0 Å². The first-order valence-electron chi connectivity index (χ1n) is 12.1. The van der Waals surface area contributed by atoms with Crippen LogP contribution in [0.2, 0.25) is 0 Å². The quantitative estimate of drug-likeness (QED) is 0.302. The van der Waals surface area contributed by atoms with Crippen LogP contribution in [0.4, 0.5) is 5.69 Å². The minimum absolute atomic E-state index is 0.190. The van der Waals surface area contributed by atoms with Crippen molar-refractivity contribution >= 4 is 32.7 Å². The molecule has 0 radical (unpaired) electrons. The molecule has 8 heteroatoms. The molecule has 0 unspecified atom stereocenters. The summed E-state index contributed by atoms with van der Waals surface area (Å²) < 4.78 is 27.9. The number of nitrogens with zero attached hydrogens (tertiary/aromatic N) is 2. The summed E-state index contributed by atoms with van der Waals surface area (Å²) in [6, 6.07) is 21.3. The molecule has 7 nitrogen and oxygen atoms in total. The number of fused-ring (bicyclic) bond motifs is 1. The Bertz CT molecular complexity index is 1400. The van der Waals surface area contributed by atoms with Crippen LogP contribution in [0.15, 0.2) is 77.7 Å². The van der Waals surface area contributed by atoms with Crippen LogP contribution in [0.3, 0.4) is 0 Å². The van der Waals surface area contributed by atoms with Gasteiger partial charge >= 0.3 is 0 Å². The number of carbonyl (C=O) groups excluding carboxylic acids is 1. The molecular weight excluding hydrogens is 472 g/mol. The molecule has 0 atom stereocenters. The number of H-pyrrole nitrogens is 1. The van der Waals surface area contributed by atoms with E-state index in [0.717, 1.165) is 22.4 Å². The molecule has 0 saturated heterocycles. The molecule has 0 bridgehead atoms. The van der Waals surface area contributed by atoms with E-state index in [9.17, 15) is 13.2 Å². The first kappa shape index (κ1) is 25.6. The number of hydrogen-bond donors (Lipinski definition) is 2. The average molecular weight is 505 g/mol. The van der Waals surface area contributed by atoms with Crippen LogP contribution >= 0.6 is 0 Å². The van der Waals surface area contributed by atoms with Crippen LogP contribution in [0.1, 0.15) is 38.1 Å². The molecule has 4 aromatic rings. The molecule has 1 amide bonds. The second-order valence-corrected chi connectivity index (χ2v) is 11.7. The maximum absolute atomic E-state index is 13.2. The number of anilines is 1. The number of rotatable bonds is 9. The van der Waals surface area contributed by atoms with Crippen LogP contribution in [0.5, 0.6) is 0 Å². The summed E-state index contributed by atoms with van der Waals surface area (Å²) in [5.74, 6) is 0.870. The Kier molecular flexibility index (Phi) is 7.56. The first-order valence-corrected chi connectivity index (χ1v) is 13.5. The van der Waals surface area contributed by atoms with Crippen molar-refractivity contribution in [1.29, 1.82) is 0 Å². The van der Waals surface area contributed by atoms with Gasteiger partial charge in [0.2, 0.25) is 10.0 Å². The number of para-hydroxylation sites is 2. The van der Waals surface area contributed by atoms with E-state index in [1.165, 1.54) is 16.4 Å². The number of hydrogen-bond acceptors (Lipinski definition) is 4. The van der Waals surface area contributed by atoms with Crippen LogP contribution in [-0.4, -0.2) is 41.7 Å². The van der Waals surface area contributed by atoms with Gasteiger partial charge in [-0.3, -0.25) is 4.79 Å². The molecule has 0 fully saturated rings. The van der Waals surface area contributed by atoms with Gasteiger partial charge in [-0.2, -0.15) is 4.31 Å². The fourth-order valence-corrected chi connectivity index (χ4v) is 5.78. The van der Waals surface area contributed by atoms with Gasteiger partial charge in [0.05, 0.1) is 15.9 Å². The Labute approximate surface area is 212 Å². The van der Waals surface area contributed by atoms with E-state index in [1.807, 2.05) is 76.2 Å². The summed E-state index contributed by atoms with van der Waals surface area (Å²) in [6.07, 6.45) is 0. The van der Waals surface area contributed by atoms with E-state index in [-0.39, 0.29) is 22.6 Å². The third kappa shape index (κ3) is 5.83. The number of aromatic nitrogens is 2. The third-order valence-corrected chi connectivity index (χ3v) is 7.54. The van der Waals surface area contributed by atoms with Crippen molar-refractivity contribution in [3.05, 3.63) is 78.4 Å². The van der Waals surface area contributed by atoms with Crippen LogP contribution in [0.25, 0.3) is 22.4 Å². The molecule has 0 aliphatic rings. The standard InChI is InChI=1S/C28H32N4O3S/c1-19(2)17-32(18-20(3)4)36(34,35)24-15-11-22(12-16-24)28(33)29-23-13-9-21(10-14-23)27-30-25-7-5-6-8-26(25)31-27/h5-16,19-20H,17-18H2,1-4H3,(H,29,33)(H,30,31). The van der Waals surface area contributed by atoms with Gasteiger partial charge in [0.15, 0.2) is 0 Å². The second kappa shape index (κ2) is 10.6. The van der Waals surface area contributed by atoms with Crippen molar-refractivity contribution in [2.24, 2.45) is 11.8 Å². The maximum atomic E-state index is 13.2. The topological polar surface area (TPSA) is 95.2 Å². The van der Waals surface area contributed by atoms with Gasteiger partial charge in [0, 0.05) is 29.9 Å². The van der Waals surface area contributed by atoms with E-state index in [1.54, 1.807) is 12.1 Å². The van der Waals surface area contributed by atoms with Gasteiger partial charge in [-0.05, 0) is 72.5 Å². The number of benzene rings is 3. The molecule has 1 aromatic heterocycles. The lowest BCUT2D eigenvalue weighted by atomic mass is 10.1. The third-order valence-electron chi connectivity index (χ3n) is 5.70. The summed E-state index contributed by atoms with van der Waals surface area (Å²) in [6.45, 7) is 8.90. The number of carbonyl (C=O) groups is 1. The zero-order valence-corrected chi connectivity index (χ0v) is 21.8. The summed E-state index contributed by atoms with van der Waals surface area (Å²) in [5.41, 5.74) is 3.79. The molecule has 0 spiro atoms. The van der Waals surface area contributed by atoms with Crippen LogP contribution in [-0.2, 0) is 10.0 Å². The minimum Gasteiger partial charge on any atom is -0.338 e. The van der Waals surface area contributed by atoms with Gasteiger partial charge < -0.3 is 10.3 Å². The van der Waals surface area contributed by atoms with E-state index < -0.39 is 10.0 Å². The second-order valence-electron chi connectivity index (χ2n) is 9.77. The van der Waals surface area contributed by atoms with Crippen molar-refractivity contribution in [1.82, 2.24) is 14.3 Å². The molecular formula is C28H32N4O3S. The molecule has 0 aliphatic heterocycles. The lowest BCUT2D eigenvalue weighted by Gasteiger charge is -2.25. The fourth-order valence-electron chi connectivity index (χ4n) is 4.02. The van der Waals surface area contributed by atoms with Crippen molar-refractivity contribution in [3.8, 4) is 11.4 Å². The Morgan fingerprint density at radius 1 is 0.889 bits per heavy atom. The first-order chi connectivity index (χ1) is 17.1. The maximum Gasteiger partial charge on any atom is 0.255 e. The Hall–Kier alpha value is -3.49. The smallest absolute Gasteiger partial charge is 0.255 e. The predicted molar refractivity (Wildman–Crippen MR) is 144 cm³/mol. The van der Waals surface area contributed by atoms with E-state index in [0.29, 0.717) is 24.3 Å². The average Bonchev–Trinajstić information content (AvgIpc) is 3.28. The highest BCUT2D eigenvalue weighted by Gasteiger charge is 2.26. The van der Waals surface area contributed by atoms with Gasteiger partial charge in [0.25, 0.3) is 5.91 Å². The summed E-state index contributed by atoms with van der Waals surface area (Å²) in [5, 5.41) is 2.87. The lowest BCUT2D eigenvalue weighted by molar-refractivity contribution is 0.102. The number of nitrogens with one attached hydrogen (secondary N) is 2. The normalized spacial score (nSPS) is 12.1. The van der Waals surface area contributed by atoms with Crippen LogP contribution in [0, 0.1) is 11.8 Å². The van der Waals surface area contributed by atoms with Crippen molar-refractivity contribution in [2.75, 3.05) is 18.4 Å². The monoisotopic (exact) mass is 504 g/mol. The molecule has 0 saturated carbocycles. The van der Waals surface area contributed by atoms with E-state index >= 15 is 0 Å².